The summed E-state index contributed by atoms with van der Waals surface area (Å²) >= 11 is 0. The molecule has 1 aromatic heterocycles. The van der Waals surface area contributed by atoms with Gasteiger partial charge in [-0.3, -0.25) is 9.59 Å². The van der Waals surface area contributed by atoms with Crippen LogP contribution in [0.25, 0.3) is 0 Å². The minimum Gasteiger partial charge on any atom is -0.385 e. The van der Waals surface area contributed by atoms with Crippen LogP contribution in [0.4, 0.5) is 0 Å². The Hall–Kier alpha value is -1.95. The van der Waals surface area contributed by atoms with Crippen LogP contribution in [0, 0.1) is 0 Å². The number of hydrogen-bond acceptors (Lipinski definition) is 4. The van der Waals surface area contributed by atoms with Gasteiger partial charge in [0.2, 0.25) is 0 Å². The molecule has 0 aromatic carbocycles. The Labute approximate surface area is 118 Å². The van der Waals surface area contributed by atoms with Gasteiger partial charge in [0.1, 0.15) is 11.4 Å². The number of pyridine rings is 1. The second kappa shape index (κ2) is 8.27. The molecule has 0 aliphatic rings. The number of ether oxygens (including phenoxy) is 1. The molecular weight excluding hydrogens is 258 g/mol. The van der Waals surface area contributed by atoms with Gasteiger partial charge in [-0.25, -0.2) is 4.98 Å². The lowest BCUT2D eigenvalue weighted by molar-refractivity contribution is 0.0936. The quantitative estimate of drug-likeness (QED) is 0.729. The minimum absolute atomic E-state index is 0.0239. The van der Waals surface area contributed by atoms with Crippen molar-refractivity contribution in [2.45, 2.75) is 26.3 Å². The molecule has 0 fully saturated rings. The average Bonchev–Trinajstić information content (AvgIpc) is 2.43. The van der Waals surface area contributed by atoms with Crippen LogP contribution in [0.1, 0.15) is 41.2 Å². The van der Waals surface area contributed by atoms with E-state index in [4.69, 9.17) is 4.74 Å². The lowest BCUT2D eigenvalue weighted by atomic mass is 10.2. The molecule has 0 saturated heterocycles. The second-order valence-electron chi connectivity index (χ2n) is 4.64. The number of hydrogen-bond donors (Lipinski definition) is 2. The van der Waals surface area contributed by atoms with Gasteiger partial charge in [-0.2, -0.15) is 0 Å². The minimum atomic E-state index is -0.291. The van der Waals surface area contributed by atoms with E-state index in [1.807, 2.05) is 13.8 Å². The van der Waals surface area contributed by atoms with Crippen molar-refractivity contribution in [3.8, 4) is 0 Å². The highest BCUT2D eigenvalue weighted by Gasteiger charge is 2.12. The van der Waals surface area contributed by atoms with E-state index < -0.39 is 0 Å². The summed E-state index contributed by atoms with van der Waals surface area (Å²) in [6.07, 6.45) is 0.732. The molecular formula is C14H21N3O3. The van der Waals surface area contributed by atoms with Gasteiger partial charge >= 0.3 is 0 Å². The first-order chi connectivity index (χ1) is 9.54. The predicted molar refractivity (Wildman–Crippen MR) is 75.7 cm³/mol. The first-order valence-corrected chi connectivity index (χ1v) is 6.59. The third-order valence-electron chi connectivity index (χ3n) is 2.44. The van der Waals surface area contributed by atoms with Crippen molar-refractivity contribution in [3.05, 3.63) is 29.6 Å². The molecule has 0 unspecified atom stereocenters. The first kappa shape index (κ1) is 16.1. The van der Waals surface area contributed by atoms with E-state index in [9.17, 15) is 9.59 Å². The maximum Gasteiger partial charge on any atom is 0.270 e. The van der Waals surface area contributed by atoms with Gasteiger partial charge in [-0.05, 0) is 32.4 Å². The topological polar surface area (TPSA) is 80.3 Å². The molecule has 6 heteroatoms. The van der Waals surface area contributed by atoms with E-state index in [1.54, 1.807) is 25.3 Å². The maximum absolute atomic E-state index is 11.9. The van der Waals surface area contributed by atoms with E-state index in [2.05, 4.69) is 15.6 Å². The number of nitrogens with zero attached hydrogens (tertiary/aromatic N) is 1. The first-order valence-electron chi connectivity index (χ1n) is 6.59. The Kier molecular flexibility index (Phi) is 6.66. The van der Waals surface area contributed by atoms with E-state index in [0.29, 0.717) is 13.2 Å². The molecule has 0 saturated carbocycles. The van der Waals surface area contributed by atoms with Crippen molar-refractivity contribution < 1.29 is 14.3 Å². The van der Waals surface area contributed by atoms with Crippen LogP contribution in [-0.4, -0.2) is 43.1 Å². The lowest BCUT2D eigenvalue weighted by Crippen LogP contribution is -2.32. The molecule has 0 radical (unpaired) electrons. The molecule has 1 heterocycles. The average molecular weight is 279 g/mol. The molecule has 2 amide bonds. The Morgan fingerprint density at radius 2 is 1.90 bits per heavy atom. The number of carbonyl (C=O) groups excluding carboxylic acids is 2. The fourth-order valence-electron chi connectivity index (χ4n) is 1.53. The molecule has 0 bridgehead atoms. The smallest absolute Gasteiger partial charge is 0.270 e. The third-order valence-corrected chi connectivity index (χ3v) is 2.44. The Balaban J connectivity index is 2.62. The van der Waals surface area contributed by atoms with E-state index in [1.165, 1.54) is 0 Å². The standard InChI is InChI=1S/C14H21N3O3/c1-10(2)16-14(19)12-7-4-6-11(17-12)13(18)15-8-5-9-20-3/h4,6-7,10H,5,8-9H2,1-3H3,(H,15,18)(H,16,19). The van der Waals surface area contributed by atoms with Gasteiger partial charge in [-0.1, -0.05) is 6.07 Å². The van der Waals surface area contributed by atoms with Gasteiger partial charge in [0.25, 0.3) is 11.8 Å². The zero-order valence-corrected chi connectivity index (χ0v) is 12.1. The summed E-state index contributed by atoms with van der Waals surface area (Å²) in [6.45, 7) is 4.83. The fourth-order valence-corrected chi connectivity index (χ4v) is 1.53. The second-order valence-corrected chi connectivity index (χ2v) is 4.64. The van der Waals surface area contributed by atoms with Crippen LogP contribution in [0.2, 0.25) is 0 Å². The summed E-state index contributed by atoms with van der Waals surface area (Å²) in [5.41, 5.74) is 0.474. The lowest BCUT2D eigenvalue weighted by Gasteiger charge is -2.09. The van der Waals surface area contributed by atoms with Crippen LogP contribution in [0.3, 0.4) is 0 Å². The predicted octanol–water partition coefficient (Wildman–Crippen LogP) is 0.986. The Morgan fingerprint density at radius 1 is 1.25 bits per heavy atom. The number of aromatic nitrogens is 1. The molecule has 0 spiro atoms. The molecule has 0 aliphatic carbocycles. The van der Waals surface area contributed by atoms with Gasteiger partial charge in [0, 0.05) is 26.3 Å². The largest absolute Gasteiger partial charge is 0.385 e. The summed E-state index contributed by atoms with van der Waals surface area (Å²) < 4.78 is 4.90. The van der Waals surface area contributed by atoms with Crippen LogP contribution >= 0.6 is 0 Å². The number of rotatable bonds is 7. The number of amides is 2. The van der Waals surface area contributed by atoms with E-state index in [-0.39, 0.29) is 29.2 Å². The monoisotopic (exact) mass is 279 g/mol. The molecule has 1 rings (SSSR count). The van der Waals surface area contributed by atoms with Crippen molar-refractivity contribution in [2.75, 3.05) is 20.3 Å². The summed E-state index contributed by atoms with van der Waals surface area (Å²) in [6, 6.07) is 4.83. The maximum atomic E-state index is 11.9. The normalized spacial score (nSPS) is 10.4. The summed E-state index contributed by atoms with van der Waals surface area (Å²) in [4.78, 5) is 27.7. The van der Waals surface area contributed by atoms with Crippen molar-refractivity contribution >= 4 is 11.8 Å². The highest BCUT2D eigenvalue weighted by Crippen LogP contribution is 2.00. The van der Waals surface area contributed by atoms with Gasteiger partial charge < -0.3 is 15.4 Å². The number of nitrogens with one attached hydrogen (secondary N) is 2. The van der Waals surface area contributed by atoms with Crippen LogP contribution in [0.15, 0.2) is 18.2 Å². The third kappa shape index (κ3) is 5.36. The SMILES string of the molecule is COCCCNC(=O)c1cccc(C(=O)NC(C)C)n1. The molecule has 6 nitrogen and oxygen atoms in total. The highest BCUT2D eigenvalue weighted by atomic mass is 16.5. The number of carbonyl (C=O) groups is 2. The van der Waals surface area contributed by atoms with Crippen molar-refractivity contribution in [3.63, 3.8) is 0 Å². The van der Waals surface area contributed by atoms with E-state index >= 15 is 0 Å². The zero-order chi connectivity index (χ0) is 15.0. The highest BCUT2D eigenvalue weighted by molar-refractivity contribution is 5.96. The van der Waals surface area contributed by atoms with Crippen LogP contribution in [0.5, 0.6) is 0 Å². The van der Waals surface area contributed by atoms with Gasteiger partial charge in [0.15, 0.2) is 0 Å². The Bertz CT molecular complexity index is 461. The van der Waals surface area contributed by atoms with Crippen molar-refractivity contribution in [1.29, 1.82) is 0 Å². The fraction of sp³-hybridized carbons (Fsp3) is 0.500. The van der Waals surface area contributed by atoms with Gasteiger partial charge in [0.05, 0.1) is 0 Å². The summed E-state index contributed by atoms with van der Waals surface area (Å²) in [5.74, 6) is -0.575. The molecule has 0 atom stereocenters. The van der Waals surface area contributed by atoms with Crippen LogP contribution < -0.4 is 10.6 Å². The molecule has 2 N–H and O–H groups in total. The molecule has 0 aliphatic heterocycles. The Morgan fingerprint density at radius 3 is 2.50 bits per heavy atom. The van der Waals surface area contributed by atoms with Crippen molar-refractivity contribution in [2.24, 2.45) is 0 Å². The van der Waals surface area contributed by atoms with E-state index in [0.717, 1.165) is 6.42 Å². The zero-order valence-electron chi connectivity index (χ0n) is 12.1. The van der Waals surface area contributed by atoms with Crippen LogP contribution in [-0.2, 0) is 4.74 Å². The van der Waals surface area contributed by atoms with Gasteiger partial charge in [-0.15, -0.1) is 0 Å². The molecule has 110 valence electrons. The summed E-state index contributed by atoms with van der Waals surface area (Å²) in [7, 11) is 1.61. The molecule has 1 aromatic rings. The number of methoxy groups -OCH3 is 1. The van der Waals surface area contributed by atoms with Crippen molar-refractivity contribution in [1.82, 2.24) is 15.6 Å². The molecule has 20 heavy (non-hydrogen) atoms. The summed E-state index contributed by atoms with van der Waals surface area (Å²) in [5, 5.41) is 5.46.